The standard InChI is InChI=1S/C20H19N3O5/c24-16-3-4-17(25)23-18(16)19(26)22-14-1-2-15-13(9-14)5-7-21-20(15)28-11-12-6-8-27-10-12/h1-5,7,9,12,24H,6,8,10-11H2,(H,22,26)(H,23,25). The number of hydrogen-bond acceptors (Lipinski definition) is 6. The SMILES string of the molecule is O=C(Nc1ccc2c(OCC3CCOC3)nccc2c1)c1[nH]c(=O)ccc1O. The van der Waals surface area contributed by atoms with E-state index in [-0.39, 0.29) is 11.4 Å². The number of pyridine rings is 2. The molecule has 1 aromatic carbocycles. The van der Waals surface area contributed by atoms with Crippen LogP contribution in [0.3, 0.4) is 0 Å². The average molecular weight is 381 g/mol. The van der Waals surface area contributed by atoms with Gasteiger partial charge in [0.2, 0.25) is 11.4 Å². The number of aromatic hydroxyl groups is 1. The second-order valence-electron chi connectivity index (χ2n) is 6.63. The lowest BCUT2D eigenvalue weighted by Gasteiger charge is -2.12. The molecule has 3 N–H and O–H groups in total. The second kappa shape index (κ2) is 7.69. The van der Waals surface area contributed by atoms with Gasteiger partial charge in [-0.3, -0.25) is 9.59 Å². The Morgan fingerprint density at radius 3 is 3.04 bits per heavy atom. The third kappa shape index (κ3) is 3.81. The number of amides is 1. The zero-order chi connectivity index (χ0) is 19.5. The van der Waals surface area contributed by atoms with E-state index in [1.807, 2.05) is 12.1 Å². The van der Waals surface area contributed by atoms with Crippen LogP contribution in [0, 0.1) is 5.92 Å². The number of nitrogens with one attached hydrogen (secondary N) is 2. The molecule has 1 fully saturated rings. The maximum atomic E-state index is 12.3. The Hall–Kier alpha value is -3.39. The van der Waals surface area contributed by atoms with E-state index in [1.54, 1.807) is 18.3 Å². The van der Waals surface area contributed by atoms with Crippen LogP contribution in [0.1, 0.15) is 16.9 Å². The molecule has 0 saturated carbocycles. The number of nitrogens with zero attached hydrogens (tertiary/aromatic N) is 1. The molecule has 3 aromatic rings. The minimum absolute atomic E-state index is 0.190. The fraction of sp³-hybridized carbons (Fsp3) is 0.250. The van der Waals surface area contributed by atoms with E-state index < -0.39 is 11.5 Å². The number of aromatic nitrogens is 2. The Morgan fingerprint density at radius 1 is 1.32 bits per heavy atom. The van der Waals surface area contributed by atoms with E-state index in [9.17, 15) is 14.7 Å². The summed E-state index contributed by atoms with van der Waals surface area (Å²) in [7, 11) is 0. The molecular formula is C20H19N3O5. The fourth-order valence-electron chi connectivity index (χ4n) is 3.09. The Balaban J connectivity index is 1.53. The Labute approximate surface area is 160 Å². The number of benzene rings is 1. The first-order valence-electron chi connectivity index (χ1n) is 8.93. The molecule has 1 aliphatic rings. The van der Waals surface area contributed by atoms with Crippen LogP contribution in [0.2, 0.25) is 0 Å². The summed E-state index contributed by atoms with van der Waals surface area (Å²) in [6.07, 6.45) is 2.63. The van der Waals surface area contributed by atoms with Crippen LogP contribution in [0.15, 0.2) is 47.4 Å². The topological polar surface area (TPSA) is 114 Å². The largest absolute Gasteiger partial charge is 0.506 e. The summed E-state index contributed by atoms with van der Waals surface area (Å²) in [6, 6.07) is 9.45. The molecule has 1 unspecified atom stereocenters. The van der Waals surface area contributed by atoms with Crippen LogP contribution in [-0.4, -0.2) is 40.8 Å². The lowest BCUT2D eigenvalue weighted by molar-refractivity contribution is 0.101. The van der Waals surface area contributed by atoms with E-state index in [2.05, 4.69) is 15.3 Å². The van der Waals surface area contributed by atoms with Gasteiger partial charge in [-0.15, -0.1) is 0 Å². The van der Waals surface area contributed by atoms with Crippen LogP contribution in [-0.2, 0) is 4.74 Å². The highest BCUT2D eigenvalue weighted by Crippen LogP contribution is 2.27. The molecule has 3 heterocycles. The summed E-state index contributed by atoms with van der Waals surface area (Å²) in [6.45, 7) is 2.02. The maximum absolute atomic E-state index is 12.3. The Bertz CT molecular complexity index is 1070. The third-order valence-electron chi connectivity index (χ3n) is 4.59. The number of H-pyrrole nitrogens is 1. The van der Waals surface area contributed by atoms with Crippen LogP contribution in [0.5, 0.6) is 11.6 Å². The van der Waals surface area contributed by atoms with Gasteiger partial charge < -0.3 is 24.9 Å². The van der Waals surface area contributed by atoms with Crippen molar-refractivity contribution in [3.8, 4) is 11.6 Å². The number of carbonyl (C=O) groups is 1. The van der Waals surface area contributed by atoms with Crippen molar-refractivity contribution in [1.82, 2.24) is 9.97 Å². The van der Waals surface area contributed by atoms with Crippen molar-refractivity contribution in [2.24, 2.45) is 5.92 Å². The lowest BCUT2D eigenvalue weighted by atomic mass is 10.1. The quantitative estimate of drug-likeness (QED) is 0.625. The monoisotopic (exact) mass is 381 g/mol. The molecule has 0 spiro atoms. The number of anilines is 1. The molecular weight excluding hydrogens is 362 g/mol. The first-order chi connectivity index (χ1) is 13.6. The molecule has 1 aliphatic heterocycles. The van der Waals surface area contributed by atoms with Gasteiger partial charge in [0.1, 0.15) is 11.4 Å². The summed E-state index contributed by atoms with van der Waals surface area (Å²) in [4.78, 5) is 30.4. The Morgan fingerprint density at radius 2 is 2.21 bits per heavy atom. The van der Waals surface area contributed by atoms with Crippen molar-refractivity contribution in [1.29, 1.82) is 0 Å². The predicted molar refractivity (Wildman–Crippen MR) is 103 cm³/mol. The first-order valence-corrected chi connectivity index (χ1v) is 8.93. The van der Waals surface area contributed by atoms with Crippen LogP contribution in [0.4, 0.5) is 5.69 Å². The number of ether oxygens (including phenoxy) is 2. The lowest BCUT2D eigenvalue weighted by Crippen LogP contribution is -2.18. The van der Waals surface area contributed by atoms with Gasteiger partial charge in [-0.1, -0.05) is 0 Å². The van der Waals surface area contributed by atoms with Crippen LogP contribution < -0.4 is 15.6 Å². The van der Waals surface area contributed by atoms with E-state index in [0.29, 0.717) is 30.7 Å². The average Bonchev–Trinajstić information content (AvgIpc) is 3.21. The van der Waals surface area contributed by atoms with Crippen molar-refractivity contribution in [3.05, 3.63) is 58.6 Å². The first kappa shape index (κ1) is 18.0. The Kier molecular flexibility index (Phi) is 4.94. The van der Waals surface area contributed by atoms with Crippen LogP contribution in [0.25, 0.3) is 10.8 Å². The van der Waals surface area contributed by atoms with Gasteiger partial charge in [0, 0.05) is 35.9 Å². The van der Waals surface area contributed by atoms with Crippen LogP contribution >= 0.6 is 0 Å². The summed E-state index contributed by atoms with van der Waals surface area (Å²) >= 11 is 0. The van der Waals surface area contributed by atoms with Gasteiger partial charge in [0.15, 0.2) is 0 Å². The van der Waals surface area contributed by atoms with E-state index in [4.69, 9.17) is 9.47 Å². The molecule has 28 heavy (non-hydrogen) atoms. The normalized spacial score (nSPS) is 16.2. The maximum Gasteiger partial charge on any atom is 0.276 e. The molecule has 0 bridgehead atoms. The zero-order valence-corrected chi connectivity index (χ0v) is 15.0. The third-order valence-corrected chi connectivity index (χ3v) is 4.59. The number of fused-ring (bicyclic) bond motifs is 1. The highest BCUT2D eigenvalue weighted by Gasteiger charge is 2.17. The summed E-state index contributed by atoms with van der Waals surface area (Å²) in [5.41, 5.74) is -0.143. The highest BCUT2D eigenvalue weighted by atomic mass is 16.5. The van der Waals surface area contributed by atoms with E-state index in [0.717, 1.165) is 29.9 Å². The molecule has 2 aromatic heterocycles. The molecule has 8 nitrogen and oxygen atoms in total. The number of aromatic amines is 1. The van der Waals surface area contributed by atoms with Crippen molar-refractivity contribution in [2.45, 2.75) is 6.42 Å². The fourth-order valence-corrected chi connectivity index (χ4v) is 3.09. The van der Waals surface area contributed by atoms with Crippen molar-refractivity contribution >= 4 is 22.4 Å². The van der Waals surface area contributed by atoms with Gasteiger partial charge in [-0.2, -0.15) is 0 Å². The van der Waals surface area contributed by atoms with Crippen molar-refractivity contribution in [3.63, 3.8) is 0 Å². The number of hydrogen-bond donors (Lipinski definition) is 3. The van der Waals surface area contributed by atoms with E-state index >= 15 is 0 Å². The minimum Gasteiger partial charge on any atom is -0.506 e. The second-order valence-corrected chi connectivity index (χ2v) is 6.63. The predicted octanol–water partition coefficient (Wildman–Crippen LogP) is 2.30. The molecule has 0 radical (unpaired) electrons. The minimum atomic E-state index is -0.610. The zero-order valence-electron chi connectivity index (χ0n) is 15.0. The molecule has 0 aliphatic carbocycles. The van der Waals surface area contributed by atoms with Crippen molar-refractivity contribution < 1.29 is 19.4 Å². The molecule has 144 valence electrons. The summed E-state index contributed by atoms with van der Waals surface area (Å²) in [5.74, 6) is -0.00128. The summed E-state index contributed by atoms with van der Waals surface area (Å²) in [5, 5.41) is 14.1. The highest BCUT2D eigenvalue weighted by molar-refractivity contribution is 6.05. The van der Waals surface area contributed by atoms with Gasteiger partial charge >= 0.3 is 0 Å². The summed E-state index contributed by atoms with van der Waals surface area (Å²) < 4.78 is 11.2. The van der Waals surface area contributed by atoms with Gasteiger partial charge in [-0.05, 0) is 42.1 Å². The number of carbonyl (C=O) groups excluding carboxylic acids is 1. The number of rotatable bonds is 5. The van der Waals surface area contributed by atoms with Gasteiger partial charge in [0.05, 0.1) is 13.2 Å². The van der Waals surface area contributed by atoms with Gasteiger partial charge in [-0.25, -0.2) is 4.98 Å². The smallest absolute Gasteiger partial charge is 0.276 e. The van der Waals surface area contributed by atoms with E-state index in [1.165, 1.54) is 6.07 Å². The van der Waals surface area contributed by atoms with Crippen molar-refractivity contribution in [2.75, 3.05) is 25.1 Å². The molecule has 8 heteroatoms. The molecule has 4 rings (SSSR count). The van der Waals surface area contributed by atoms with Gasteiger partial charge in [0.25, 0.3) is 5.91 Å². The molecule has 1 atom stereocenters. The molecule has 1 amide bonds. The molecule has 1 saturated heterocycles.